The van der Waals surface area contributed by atoms with Crippen molar-refractivity contribution in [2.24, 2.45) is 0 Å². The van der Waals surface area contributed by atoms with E-state index in [2.05, 4.69) is 0 Å². The van der Waals surface area contributed by atoms with Crippen LogP contribution in [-0.2, 0) is 25.5 Å². The van der Waals surface area contributed by atoms with Gasteiger partial charge in [-0.15, -0.1) is 0 Å². The molecule has 0 aromatic heterocycles. The topological polar surface area (TPSA) is 55.8 Å². The molecule has 1 fully saturated rings. The van der Waals surface area contributed by atoms with Gasteiger partial charge in [0.15, 0.2) is 0 Å². The van der Waals surface area contributed by atoms with Crippen LogP contribution in [0.1, 0.15) is 61.1 Å². The smallest absolute Gasteiger partial charge is 0.328 e. The van der Waals surface area contributed by atoms with Gasteiger partial charge in [-0.25, -0.2) is 4.79 Å². The molecule has 0 spiro atoms. The third-order valence-corrected chi connectivity index (χ3v) is 7.34. The maximum absolute atomic E-state index is 14.2. The summed E-state index contributed by atoms with van der Waals surface area (Å²) < 4.78 is 12.1. The van der Waals surface area contributed by atoms with Gasteiger partial charge in [0.1, 0.15) is 18.2 Å². The molecule has 0 bridgehead atoms. The highest BCUT2D eigenvalue weighted by atomic mass is 35.5. The highest BCUT2D eigenvalue weighted by Gasteiger charge is 2.48. The fourth-order valence-corrected chi connectivity index (χ4v) is 5.22. The Morgan fingerprint density at radius 3 is 2.05 bits per heavy atom. The Labute approximate surface area is 234 Å². The zero-order valence-electron chi connectivity index (χ0n) is 21.9. The normalized spacial score (nSPS) is 20.3. The summed E-state index contributed by atoms with van der Waals surface area (Å²) in [6.07, 6.45) is 0.231. The fraction of sp³-hybridized carbons (Fsp3) is 0.355. The van der Waals surface area contributed by atoms with E-state index in [1.807, 2.05) is 74.5 Å². The Hall–Kier alpha value is -2.86. The van der Waals surface area contributed by atoms with Gasteiger partial charge < -0.3 is 14.4 Å². The van der Waals surface area contributed by atoms with Crippen molar-refractivity contribution in [3.8, 4) is 0 Å². The zero-order chi connectivity index (χ0) is 27.2. The number of hydrogen-bond donors (Lipinski definition) is 0. The second kappa shape index (κ2) is 12.8. The van der Waals surface area contributed by atoms with E-state index in [4.69, 9.17) is 32.7 Å². The van der Waals surface area contributed by atoms with Crippen LogP contribution in [0.25, 0.3) is 0 Å². The lowest BCUT2D eigenvalue weighted by Gasteiger charge is -2.47. The van der Waals surface area contributed by atoms with Gasteiger partial charge in [0.25, 0.3) is 5.91 Å². The zero-order valence-corrected chi connectivity index (χ0v) is 23.4. The summed E-state index contributed by atoms with van der Waals surface area (Å²) in [5, 5.41) is 1.19. The number of carbonyl (C=O) groups excluding carboxylic acids is 2. The van der Waals surface area contributed by atoms with Gasteiger partial charge in [-0.1, -0.05) is 90.6 Å². The van der Waals surface area contributed by atoms with Crippen molar-refractivity contribution in [3.05, 3.63) is 105 Å². The van der Waals surface area contributed by atoms with Crippen molar-refractivity contribution in [1.82, 2.24) is 4.90 Å². The largest absolute Gasteiger partial charge is 0.464 e. The third-order valence-electron chi connectivity index (χ3n) is 6.84. The van der Waals surface area contributed by atoms with Gasteiger partial charge in [-0.05, 0) is 61.2 Å². The average molecular weight is 555 g/mol. The van der Waals surface area contributed by atoms with E-state index in [0.717, 1.165) is 22.3 Å². The van der Waals surface area contributed by atoms with Crippen LogP contribution < -0.4 is 0 Å². The lowest BCUT2D eigenvalue weighted by Crippen LogP contribution is -2.57. The summed E-state index contributed by atoms with van der Waals surface area (Å²) in [5.74, 6) is -0.644. The van der Waals surface area contributed by atoms with Crippen LogP contribution in [0.4, 0.5) is 0 Å². The van der Waals surface area contributed by atoms with Crippen LogP contribution in [0.3, 0.4) is 0 Å². The van der Waals surface area contributed by atoms with E-state index in [1.165, 1.54) is 0 Å². The fourth-order valence-electron chi connectivity index (χ4n) is 4.97. The Balaban J connectivity index is 1.85. The number of ether oxygens (including phenoxy) is 2. The minimum absolute atomic E-state index is 0.233. The molecule has 0 N–H and O–H groups in total. The molecule has 1 saturated heterocycles. The van der Waals surface area contributed by atoms with E-state index in [0.29, 0.717) is 29.3 Å². The molecular formula is C31H33Cl2NO4. The minimum Gasteiger partial charge on any atom is -0.464 e. The van der Waals surface area contributed by atoms with Gasteiger partial charge in [0.05, 0.1) is 12.6 Å². The van der Waals surface area contributed by atoms with Crippen molar-refractivity contribution >= 4 is 35.1 Å². The molecule has 5 nitrogen and oxygen atoms in total. The monoisotopic (exact) mass is 553 g/mol. The molecule has 1 aliphatic rings. The molecule has 1 heterocycles. The molecule has 38 heavy (non-hydrogen) atoms. The Bertz CT molecular complexity index is 1230. The van der Waals surface area contributed by atoms with Crippen LogP contribution >= 0.6 is 23.2 Å². The number of amides is 1. The van der Waals surface area contributed by atoms with E-state index in [-0.39, 0.29) is 12.5 Å². The molecular weight excluding hydrogens is 521 g/mol. The molecule has 0 aliphatic carbocycles. The predicted molar refractivity (Wildman–Crippen MR) is 150 cm³/mol. The first kappa shape index (κ1) is 28.2. The van der Waals surface area contributed by atoms with Gasteiger partial charge >= 0.3 is 5.97 Å². The first-order valence-electron chi connectivity index (χ1n) is 13.0. The number of benzene rings is 3. The second-order valence-corrected chi connectivity index (χ2v) is 10.5. The maximum atomic E-state index is 14.2. The minimum atomic E-state index is -0.782. The number of nitrogens with zero attached hydrogens (tertiary/aromatic N) is 1. The van der Waals surface area contributed by atoms with E-state index in [9.17, 15) is 9.59 Å². The molecule has 0 unspecified atom stereocenters. The number of aryl methyl sites for hydroxylation is 1. The maximum Gasteiger partial charge on any atom is 0.328 e. The number of carbonyl (C=O) groups is 2. The number of morpholine rings is 1. The first-order valence-corrected chi connectivity index (χ1v) is 13.8. The molecule has 4 rings (SSSR count). The standard InChI is InChI=1S/C31H33Cl2NO4/c1-4-6-26(31(36)37-5-2)34-28(22-11-15-24(32)16-12-22)29(23-13-17-25(33)18-14-23)38-27(30(34)35)19-21-9-7-20(3)8-10-21/h7-18,26-29H,4-6,19H2,1-3H3/t26-,27+,28-,29+/m1/s1. The summed E-state index contributed by atoms with van der Waals surface area (Å²) in [4.78, 5) is 29.3. The molecule has 4 atom stereocenters. The summed E-state index contributed by atoms with van der Waals surface area (Å²) in [6, 6.07) is 21.5. The third kappa shape index (κ3) is 6.40. The van der Waals surface area contributed by atoms with Crippen molar-refractivity contribution in [2.45, 2.75) is 64.3 Å². The van der Waals surface area contributed by atoms with Crippen molar-refractivity contribution in [2.75, 3.05) is 6.61 Å². The summed E-state index contributed by atoms with van der Waals surface area (Å²) >= 11 is 12.4. The Morgan fingerprint density at radius 1 is 0.921 bits per heavy atom. The van der Waals surface area contributed by atoms with Gasteiger partial charge in [-0.2, -0.15) is 0 Å². The Kier molecular flexibility index (Phi) is 9.48. The molecule has 3 aromatic rings. The average Bonchev–Trinajstić information content (AvgIpc) is 2.91. The molecule has 1 aliphatic heterocycles. The van der Waals surface area contributed by atoms with Crippen LogP contribution in [0, 0.1) is 6.92 Å². The first-order chi connectivity index (χ1) is 18.3. The Morgan fingerprint density at radius 2 is 1.50 bits per heavy atom. The predicted octanol–water partition coefficient (Wildman–Crippen LogP) is 7.29. The quantitative estimate of drug-likeness (QED) is 0.261. The molecule has 7 heteroatoms. The molecule has 1 amide bonds. The lowest BCUT2D eigenvalue weighted by atomic mass is 9.88. The van der Waals surface area contributed by atoms with E-state index < -0.39 is 30.3 Å². The van der Waals surface area contributed by atoms with Gasteiger partial charge in [0, 0.05) is 16.5 Å². The second-order valence-electron chi connectivity index (χ2n) is 9.59. The molecule has 0 radical (unpaired) electrons. The molecule has 200 valence electrons. The summed E-state index contributed by atoms with van der Waals surface area (Å²) in [5.41, 5.74) is 3.80. The van der Waals surface area contributed by atoms with Crippen LogP contribution in [-0.4, -0.2) is 35.5 Å². The van der Waals surface area contributed by atoms with Crippen LogP contribution in [0.15, 0.2) is 72.8 Å². The number of hydrogen-bond acceptors (Lipinski definition) is 4. The van der Waals surface area contributed by atoms with Crippen LogP contribution in [0.2, 0.25) is 10.0 Å². The molecule has 3 aromatic carbocycles. The SMILES string of the molecule is CCC[C@H](C(=O)OCC)N1C(=O)[C@H](Cc2ccc(C)cc2)O[C@@H](c2ccc(Cl)cc2)[C@H]1c1ccc(Cl)cc1. The number of rotatable bonds is 9. The lowest BCUT2D eigenvalue weighted by molar-refractivity contribution is -0.186. The van der Waals surface area contributed by atoms with E-state index >= 15 is 0 Å². The van der Waals surface area contributed by atoms with Crippen molar-refractivity contribution in [1.29, 1.82) is 0 Å². The van der Waals surface area contributed by atoms with E-state index in [1.54, 1.807) is 24.0 Å². The van der Waals surface area contributed by atoms with Gasteiger partial charge in [0.2, 0.25) is 0 Å². The molecule has 0 saturated carbocycles. The van der Waals surface area contributed by atoms with Gasteiger partial charge in [-0.3, -0.25) is 4.79 Å². The highest BCUT2D eigenvalue weighted by molar-refractivity contribution is 6.30. The number of esters is 1. The number of halogens is 2. The van der Waals surface area contributed by atoms with Crippen molar-refractivity contribution < 1.29 is 19.1 Å². The summed E-state index contributed by atoms with van der Waals surface area (Å²) in [6.45, 7) is 6.02. The van der Waals surface area contributed by atoms with Crippen molar-refractivity contribution in [3.63, 3.8) is 0 Å². The van der Waals surface area contributed by atoms with Crippen LogP contribution in [0.5, 0.6) is 0 Å². The highest BCUT2D eigenvalue weighted by Crippen LogP contribution is 2.44. The summed E-state index contributed by atoms with van der Waals surface area (Å²) in [7, 11) is 0.